The van der Waals surface area contributed by atoms with Crippen LogP contribution in [0, 0.1) is 6.92 Å². The van der Waals surface area contributed by atoms with Crippen molar-refractivity contribution in [1.29, 1.82) is 0 Å². The Morgan fingerprint density at radius 3 is 2.00 bits per heavy atom. The molecule has 0 saturated carbocycles. The molecule has 3 aromatic carbocycles. The van der Waals surface area contributed by atoms with Gasteiger partial charge in [-0.2, -0.15) is 0 Å². The zero-order valence-corrected chi connectivity index (χ0v) is 26.7. The third-order valence-electron chi connectivity index (χ3n) is 7.22. The van der Waals surface area contributed by atoms with E-state index in [-0.39, 0.29) is 23.4 Å². The third-order valence-corrected chi connectivity index (χ3v) is 9.01. The first kappa shape index (κ1) is 33.5. The quantitative estimate of drug-likeness (QED) is 0.250. The first-order valence-electron chi connectivity index (χ1n) is 14.6. The van der Waals surface area contributed by atoms with Crippen LogP contribution in [0.5, 0.6) is 11.5 Å². The molecule has 0 unspecified atom stereocenters. The average molecular weight is 610 g/mol. The fourth-order valence-corrected chi connectivity index (χ4v) is 5.94. The summed E-state index contributed by atoms with van der Waals surface area (Å²) < 4.78 is 40.0. The molecule has 3 aromatic rings. The lowest BCUT2D eigenvalue weighted by molar-refractivity contribution is -0.140. The van der Waals surface area contributed by atoms with Crippen LogP contribution in [0.3, 0.4) is 0 Å². The molecule has 43 heavy (non-hydrogen) atoms. The fraction of sp³-hybridized carbons (Fsp3) is 0.394. The van der Waals surface area contributed by atoms with Crippen molar-refractivity contribution in [2.75, 3.05) is 24.6 Å². The Hall–Kier alpha value is -4.05. The molecule has 0 aliphatic rings. The van der Waals surface area contributed by atoms with Gasteiger partial charge in [0.15, 0.2) is 0 Å². The van der Waals surface area contributed by atoms with Crippen LogP contribution in [0.1, 0.15) is 51.7 Å². The number of anilines is 1. The zero-order valence-electron chi connectivity index (χ0n) is 25.9. The van der Waals surface area contributed by atoms with Gasteiger partial charge in [0.05, 0.1) is 24.3 Å². The van der Waals surface area contributed by atoms with Crippen molar-refractivity contribution in [2.24, 2.45) is 0 Å². The van der Waals surface area contributed by atoms with Crippen LogP contribution in [0.2, 0.25) is 0 Å². The van der Waals surface area contributed by atoms with E-state index >= 15 is 0 Å². The highest BCUT2D eigenvalue weighted by Gasteiger charge is 2.34. The number of amides is 2. The van der Waals surface area contributed by atoms with Gasteiger partial charge in [0.2, 0.25) is 11.8 Å². The van der Waals surface area contributed by atoms with Gasteiger partial charge in [-0.3, -0.25) is 13.9 Å². The highest BCUT2D eigenvalue weighted by atomic mass is 32.2. The standard InChI is InChI=1S/C33H43N3O6S/c1-7-25(5)34-33(38)31(8-2)35(22-26-12-16-28(41-6)17-13-26)32(37)23-36(27-14-18-29(19-15-27)42-9-3)43(39,40)30-20-10-24(4)11-21-30/h10-21,25,31H,7-9,22-23H2,1-6H3,(H,34,38)/t25-,31+/m1/s1. The van der Waals surface area contributed by atoms with Crippen LogP contribution in [0.15, 0.2) is 77.7 Å². The van der Waals surface area contributed by atoms with Crippen LogP contribution in [-0.4, -0.2) is 57.5 Å². The predicted molar refractivity (Wildman–Crippen MR) is 169 cm³/mol. The average Bonchev–Trinajstić information content (AvgIpc) is 3.00. The number of hydrogen-bond donors (Lipinski definition) is 1. The molecular weight excluding hydrogens is 566 g/mol. The summed E-state index contributed by atoms with van der Waals surface area (Å²) in [4.78, 5) is 29.1. The summed E-state index contributed by atoms with van der Waals surface area (Å²) in [6.07, 6.45) is 1.08. The topological polar surface area (TPSA) is 105 Å². The number of rotatable bonds is 15. The number of nitrogens with zero attached hydrogens (tertiary/aromatic N) is 2. The van der Waals surface area contributed by atoms with Crippen molar-refractivity contribution < 1.29 is 27.5 Å². The highest BCUT2D eigenvalue weighted by molar-refractivity contribution is 7.92. The van der Waals surface area contributed by atoms with Crippen molar-refractivity contribution in [3.63, 3.8) is 0 Å². The molecule has 2 amide bonds. The van der Waals surface area contributed by atoms with E-state index in [1.54, 1.807) is 55.6 Å². The lowest BCUT2D eigenvalue weighted by atomic mass is 10.1. The maximum Gasteiger partial charge on any atom is 0.264 e. The van der Waals surface area contributed by atoms with Gasteiger partial charge < -0.3 is 19.7 Å². The van der Waals surface area contributed by atoms with E-state index in [9.17, 15) is 18.0 Å². The van der Waals surface area contributed by atoms with E-state index in [1.807, 2.05) is 46.8 Å². The molecule has 232 valence electrons. The minimum absolute atomic E-state index is 0.0584. The molecule has 0 radical (unpaired) electrons. The fourth-order valence-electron chi connectivity index (χ4n) is 4.53. The third kappa shape index (κ3) is 8.73. The molecule has 0 aliphatic heterocycles. The molecule has 0 heterocycles. The van der Waals surface area contributed by atoms with Crippen molar-refractivity contribution in [1.82, 2.24) is 10.2 Å². The van der Waals surface area contributed by atoms with Crippen molar-refractivity contribution in [3.8, 4) is 11.5 Å². The molecule has 0 aliphatic carbocycles. The van der Waals surface area contributed by atoms with Crippen LogP contribution in [-0.2, 0) is 26.2 Å². The number of methoxy groups -OCH3 is 1. The normalized spacial score (nSPS) is 12.6. The van der Waals surface area contributed by atoms with Gasteiger partial charge in [-0.15, -0.1) is 0 Å². The number of aryl methyl sites for hydroxylation is 1. The van der Waals surface area contributed by atoms with E-state index in [0.29, 0.717) is 30.2 Å². The number of sulfonamides is 1. The van der Waals surface area contributed by atoms with Crippen LogP contribution < -0.4 is 19.1 Å². The van der Waals surface area contributed by atoms with Crippen LogP contribution in [0.4, 0.5) is 5.69 Å². The summed E-state index contributed by atoms with van der Waals surface area (Å²) in [6.45, 7) is 9.50. The molecule has 9 nitrogen and oxygen atoms in total. The first-order chi connectivity index (χ1) is 20.5. The van der Waals surface area contributed by atoms with Crippen LogP contribution in [0.25, 0.3) is 0 Å². The van der Waals surface area contributed by atoms with Gasteiger partial charge in [-0.05, 0) is 87.7 Å². The molecule has 0 aromatic heterocycles. The number of benzene rings is 3. The van der Waals surface area contributed by atoms with Gasteiger partial charge in [0, 0.05) is 12.6 Å². The van der Waals surface area contributed by atoms with Gasteiger partial charge in [0.1, 0.15) is 24.1 Å². The molecule has 2 atom stereocenters. The number of carbonyl (C=O) groups is 2. The monoisotopic (exact) mass is 609 g/mol. The van der Waals surface area contributed by atoms with E-state index in [0.717, 1.165) is 21.9 Å². The Morgan fingerprint density at radius 2 is 1.47 bits per heavy atom. The summed E-state index contributed by atoms with van der Waals surface area (Å²) in [7, 11) is -2.58. The molecule has 1 N–H and O–H groups in total. The number of carbonyl (C=O) groups excluding carboxylic acids is 2. The Kier molecular flexibility index (Phi) is 12.0. The van der Waals surface area contributed by atoms with Crippen molar-refractivity contribution >= 4 is 27.5 Å². The van der Waals surface area contributed by atoms with Gasteiger partial charge in [-0.25, -0.2) is 8.42 Å². The van der Waals surface area contributed by atoms with E-state index in [2.05, 4.69) is 5.32 Å². The molecular formula is C33H43N3O6S. The SMILES string of the molecule is CCOc1ccc(N(CC(=O)N(Cc2ccc(OC)cc2)[C@@H](CC)C(=O)N[C@H](C)CC)S(=O)(=O)c2ccc(C)cc2)cc1. The minimum atomic E-state index is -4.15. The molecule has 3 rings (SSSR count). The molecule has 0 bridgehead atoms. The Morgan fingerprint density at radius 1 is 0.860 bits per heavy atom. The maximum absolute atomic E-state index is 14.2. The zero-order chi connectivity index (χ0) is 31.6. The summed E-state index contributed by atoms with van der Waals surface area (Å²) in [6, 6.07) is 19.4. The lowest BCUT2D eigenvalue weighted by Gasteiger charge is -2.33. The van der Waals surface area contributed by atoms with Gasteiger partial charge in [-0.1, -0.05) is 43.7 Å². The summed E-state index contributed by atoms with van der Waals surface area (Å²) in [5, 5.41) is 2.99. The van der Waals surface area contributed by atoms with E-state index in [4.69, 9.17) is 9.47 Å². The van der Waals surface area contributed by atoms with Gasteiger partial charge >= 0.3 is 0 Å². The van der Waals surface area contributed by atoms with Gasteiger partial charge in [0.25, 0.3) is 10.0 Å². The Bertz CT molecular complexity index is 1440. The lowest BCUT2D eigenvalue weighted by Crippen LogP contribution is -2.53. The number of ether oxygens (including phenoxy) is 2. The predicted octanol–water partition coefficient (Wildman–Crippen LogP) is 5.32. The second-order valence-corrected chi connectivity index (χ2v) is 12.2. The summed E-state index contributed by atoms with van der Waals surface area (Å²) in [5.41, 5.74) is 1.99. The van der Waals surface area contributed by atoms with Crippen molar-refractivity contribution in [3.05, 3.63) is 83.9 Å². The maximum atomic E-state index is 14.2. The summed E-state index contributed by atoms with van der Waals surface area (Å²) >= 11 is 0. The van der Waals surface area contributed by atoms with Crippen LogP contribution >= 0.6 is 0 Å². The van der Waals surface area contributed by atoms with E-state index < -0.39 is 28.5 Å². The first-order valence-corrected chi connectivity index (χ1v) is 16.0. The highest BCUT2D eigenvalue weighted by Crippen LogP contribution is 2.27. The molecule has 0 fully saturated rings. The Balaban J connectivity index is 2.06. The largest absolute Gasteiger partial charge is 0.497 e. The number of nitrogens with one attached hydrogen (secondary N) is 1. The molecule has 10 heteroatoms. The second kappa shape index (κ2) is 15.4. The number of hydrogen-bond acceptors (Lipinski definition) is 6. The van der Waals surface area contributed by atoms with Crippen molar-refractivity contribution in [2.45, 2.75) is 71.0 Å². The molecule has 0 saturated heterocycles. The minimum Gasteiger partial charge on any atom is -0.497 e. The molecule has 0 spiro atoms. The van der Waals surface area contributed by atoms with E-state index in [1.165, 1.54) is 17.0 Å². The smallest absolute Gasteiger partial charge is 0.264 e. The second-order valence-electron chi connectivity index (χ2n) is 10.4. The Labute approximate surface area is 255 Å². The summed E-state index contributed by atoms with van der Waals surface area (Å²) in [5.74, 6) is 0.451.